The number of aliphatic hydroxyl groups excluding tert-OH is 1. The lowest BCUT2D eigenvalue weighted by Gasteiger charge is -2.24. The highest BCUT2D eigenvalue weighted by molar-refractivity contribution is 6.46. The molecule has 0 bridgehead atoms. The van der Waals surface area contributed by atoms with Crippen LogP contribution in [0.25, 0.3) is 5.76 Å². The van der Waals surface area contributed by atoms with Crippen molar-refractivity contribution in [2.24, 2.45) is 0 Å². The largest absolute Gasteiger partial charge is 0.507 e. The van der Waals surface area contributed by atoms with Crippen LogP contribution in [-0.2, 0) is 27.5 Å². The summed E-state index contributed by atoms with van der Waals surface area (Å²) in [4.78, 5) is 39.7. The van der Waals surface area contributed by atoms with Gasteiger partial charge in [-0.25, -0.2) is 4.79 Å². The maximum atomic E-state index is 13.3. The van der Waals surface area contributed by atoms with E-state index in [-0.39, 0.29) is 17.9 Å². The molecule has 1 N–H and O–H groups in total. The van der Waals surface area contributed by atoms with Crippen molar-refractivity contribution < 1.29 is 33.4 Å². The number of carbonyl (C=O) groups is 3. The number of benzene rings is 3. The number of amides is 1. The number of aryl methyl sites for hydroxylation is 1. The standard InChI is InChI=1S/C32H27NO7/c1-20-5-3-6-21(17-20)19-40-25-14-12-23(13-15-25)29(34)27-28(22-8-10-24(11-9-22)32(37)38-2)33(31(36)30(27)35)18-26-7-4-16-39-26/h3-17,28,34H,18-19H2,1-2H3/b29-27-. The molecular weight excluding hydrogens is 510 g/mol. The van der Waals surface area contributed by atoms with Crippen molar-refractivity contribution in [3.63, 3.8) is 0 Å². The molecule has 1 aromatic heterocycles. The van der Waals surface area contributed by atoms with Gasteiger partial charge in [0.15, 0.2) is 0 Å². The van der Waals surface area contributed by atoms with Crippen LogP contribution >= 0.6 is 0 Å². The Hall–Kier alpha value is -5.11. The van der Waals surface area contributed by atoms with Gasteiger partial charge in [0, 0.05) is 5.56 Å². The number of likely N-dealkylation sites (tertiary alicyclic amines) is 1. The number of nitrogens with zero attached hydrogens (tertiary/aromatic N) is 1. The monoisotopic (exact) mass is 537 g/mol. The number of carbonyl (C=O) groups excluding carboxylic acids is 3. The van der Waals surface area contributed by atoms with Gasteiger partial charge in [0.1, 0.15) is 23.9 Å². The predicted octanol–water partition coefficient (Wildman–Crippen LogP) is 5.58. The summed E-state index contributed by atoms with van der Waals surface area (Å²) < 4.78 is 16.1. The third kappa shape index (κ3) is 5.37. The van der Waals surface area contributed by atoms with Gasteiger partial charge in [-0.15, -0.1) is 0 Å². The Kier molecular flexibility index (Phi) is 7.50. The minimum absolute atomic E-state index is 0.0174. The highest BCUT2D eigenvalue weighted by Crippen LogP contribution is 2.40. The highest BCUT2D eigenvalue weighted by atomic mass is 16.5. The van der Waals surface area contributed by atoms with E-state index in [0.717, 1.165) is 11.1 Å². The highest BCUT2D eigenvalue weighted by Gasteiger charge is 2.46. The van der Waals surface area contributed by atoms with Gasteiger partial charge in [-0.3, -0.25) is 9.59 Å². The van der Waals surface area contributed by atoms with E-state index >= 15 is 0 Å². The van der Waals surface area contributed by atoms with Gasteiger partial charge in [-0.2, -0.15) is 0 Å². The zero-order valence-electron chi connectivity index (χ0n) is 22.0. The molecule has 1 aliphatic heterocycles. The molecule has 40 heavy (non-hydrogen) atoms. The lowest BCUT2D eigenvalue weighted by Crippen LogP contribution is -2.29. The summed E-state index contributed by atoms with van der Waals surface area (Å²) in [7, 11) is 1.29. The van der Waals surface area contributed by atoms with Crippen molar-refractivity contribution in [2.45, 2.75) is 26.1 Å². The molecule has 8 nitrogen and oxygen atoms in total. The molecule has 1 atom stereocenters. The minimum atomic E-state index is -0.908. The molecule has 2 heterocycles. The lowest BCUT2D eigenvalue weighted by atomic mass is 9.94. The van der Waals surface area contributed by atoms with E-state index in [4.69, 9.17) is 13.9 Å². The predicted molar refractivity (Wildman–Crippen MR) is 146 cm³/mol. The summed E-state index contributed by atoms with van der Waals surface area (Å²) in [6, 6.07) is 23.5. The van der Waals surface area contributed by atoms with Crippen LogP contribution in [0.5, 0.6) is 5.75 Å². The zero-order valence-corrected chi connectivity index (χ0v) is 22.0. The van der Waals surface area contributed by atoms with Crippen LogP contribution in [0.15, 0.2) is 101 Å². The molecule has 1 fully saturated rings. The molecule has 202 valence electrons. The van der Waals surface area contributed by atoms with E-state index in [1.165, 1.54) is 18.3 Å². The summed E-state index contributed by atoms with van der Waals surface area (Å²) in [5.74, 6) is -1.34. The number of esters is 1. The van der Waals surface area contributed by atoms with Crippen molar-refractivity contribution in [1.29, 1.82) is 0 Å². The van der Waals surface area contributed by atoms with Crippen LogP contribution < -0.4 is 4.74 Å². The molecule has 0 spiro atoms. The van der Waals surface area contributed by atoms with Crippen LogP contribution in [0, 0.1) is 6.92 Å². The molecule has 0 aliphatic carbocycles. The molecule has 4 aromatic rings. The lowest BCUT2D eigenvalue weighted by molar-refractivity contribution is -0.140. The summed E-state index contributed by atoms with van der Waals surface area (Å²) in [6.07, 6.45) is 1.48. The quantitative estimate of drug-likeness (QED) is 0.135. The van der Waals surface area contributed by atoms with Gasteiger partial charge in [0.05, 0.1) is 37.1 Å². The summed E-state index contributed by atoms with van der Waals surface area (Å²) in [5.41, 5.74) is 3.32. The number of methoxy groups -OCH3 is 1. The van der Waals surface area contributed by atoms with Gasteiger partial charge in [-0.05, 0) is 66.6 Å². The molecule has 1 unspecified atom stereocenters. The van der Waals surface area contributed by atoms with E-state index in [0.29, 0.717) is 34.8 Å². The maximum Gasteiger partial charge on any atom is 0.337 e. The van der Waals surface area contributed by atoms with Crippen LogP contribution in [0.4, 0.5) is 0 Å². The smallest absolute Gasteiger partial charge is 0.337 e. The molecule has 8 heteroatoms. The molecule has 3 aromatic carbocycles. The van der Waals surface area contributed by atoms with E-state index in [2.05, 4.69) is 0 Å². The first-order chi connectivity index (χ1) is 19.4. The molecular formula is C32H27NO7. The van der Waals surface area contributed by atoms with Crippen LogP contribution in [0.2, 0.25) is 0 Å². The van der Waals surface area contributed by atoms with Crippen molar-refractivity contribution in [3.05, 3.63) is 130 Å². The Balaban J connectivity index is 1.47. The van der Waals surface area contributed by atoms with E-state index in [1.54, 1.807) is 60.7 Å². The fourth-order valence-electron chi connectivity index (χ4n) is 4.71. The number of hydrogen-bond acceptors (Lipinski definition) is 7. The summed E-state index contributed by atoms with van der Waals surface area (Å²) in [6.45, 7) is 2.41. The number of aliphatic hydroxyl groups is 1. The Bertz CT molecular complexity index is 1570. The van der Waals surface area contributed by atoms with Crippen molar-refractivity contribution in [3.8, 4) is 5.75 Å². The SMILES string of the molecule is COC(=O)c1ccc(C2/C(=C(/O)c3ccc(OCc4cccc(C)c4)cc3)C(=O)C(=O)N2Cc2ccco2)cc1. The van der Waals surface area contributed by atoms with Gasteiger partial charge in [0.25, 0.3) is 11.7 Å². The third-order valence-electron chi connectivity index (χ3n) is 6.71. The molecule has 5 rings (SSSR count). The van der Waals surface area contributed by atoms with Crippen molar-refractivity contribution in [1.82, 2.24) is 4.90 Å². The molecule has 0 radical (unpaired) electrons. The second-order valence-electron chi connectivity index (χ2n) is 9.42. The van der Waals surface area contributed by atoms with Crippen molar-refractivity contribution in [2.75, 3.05) is 7.11 Å². The minimum Gasteiger partial charge on any atom is -0.507 e. The topological polar surface area (TPSA) is 106 Å². The van der Waals surface area contributed by atoms with E-state index in [1.807, 2.05) is 31.2 Å². The Morgan fingerprint density at radius 3 is 2.33 bits per heavy atom. The Morgan fingerprint density at radius 2 is 1.68 bits per heavy atom. The van der Waals surface area contributed by atoms with Crippen LogP contribution in [-0.4, -0.2) is 34.8 Å². The van der Waals surface area contributed by atoms with Gasteiger partial charge in [0.2, 0.25) is 0 Å². The average molecular weight is 538 g/mol. The Labute approximate surface area is 231 Å². The number of rotatable bonds is 8. The van der Waals surface area contributed by atoms with Crippen LogP contribution in [0.1, 0.15) is 44.4 Å². The first-order valence-electron chi connectivity index (χ1n) is 12.6. The fraction of sp³-hybridized carbons (Fsp3) is 0.156. The van der Waals surface area contributed by atoms with Gasteiger partial charge < -0.3 is 23.9 Å². The second kappa shape index (κ2) is 11.3. The molecule has 0 saturated carbocycles. The Morgan fingerprint density at radius 1 is 0.950 bits per heavy atom. The zero-order chi connectivity index (χ0) is 28.2. The van der Waals surface area contributed by atoms with E-state index < -0.39 is 23.7 Å². The fourth-order valence-corrected chi connectivity index (χ4v) is 4.71. The summed E-state index contributed by atoms with van der Waals surface area (Å²) >= 11 is 0. The van der Waals surface area contributed by atoms with E-state index in [9.17, 15) is 19.5 Å². The number of ether oxygens (including phenoxy) is 2. The first kappa shape index (κ1) is 26.5. The van der Waals surface area contributed by atoms with Crippen LogP contribution in [0.3, 0.4) is 0 Å². The van der Waals surface area contributed by atoms with Gasteiger partial charge in [-0.1, -0.05) is 42.0 Å². The maximum absolute atomic E-state index is 13.3. The number of ketones is 1. The summed E-state index contributed by atoms with van der Waals surface area (Å²) in [5, 5.41) is 11.3. The number of furan rings is 1. The molecule has 1 amide bonds. The normalized spacial score (nSPS) is 16.2. The molecule has 1 saturated heterocycles. The van der Waals surface area contributed by atoms with Gasteiger partial charge >= 0.3 is 5.97 Å². The second-order valence-corrected chi connectivity index (χ2v) is 9.42. The molecule has 1 aliphatic rings. The first-order valence-corrected chi connectivity index (χ1v) is 12.6. The average Bonchev–Trinajstić information content (AvgIpc) is 3.58. The van der Waals surface area contributed by atoms with Crippen molar-refractivity contribution >= 4 is 23.4 Å². The third-order valence-corrected chi connectivity index (χ3v) is 6.71. The number of Topliss-reactive ketones (excluding diaryl/α,β-unsaturated/α-hetero) is 1. The number of hydrogen-bond donors (Lipinski definition) is 1.